The highest BCUT2D eigenvalue weighted by Gasteiger charge is 2.31. The summed E-state index contributed by atoms with van der Waals surface area (Å²) in [7, 11) is 0. The van der Waals surface area contributed by atoms with Crippen molar-refractivity contribution in [2.24, 2.45) is 0 Å². The van der Waals surface area contributed by atoms with Crippen LogP contribution in [-0.4, -0.2) is 40.4 Å². The molecule has 4 rings (SSSR count). The second-order valence-corrected chi connectivity index (χ2v) is 8.26. The van der Waals surface area contributed by atoms with Crippen molar-refractivity contribution in [2.45, 2.75) is 26.8 Å². The van der Waals surface area contributed by atoms with E-state index < -0.39 is 0 Å². The molecule has 0 saturated carbocycles. The molecule has 1 fully saturated rings. The van der Waals surface area contributed by atoms with Gasteiger partial charge in [-0.1, -0.05) is 29.8 Å². The lowest BCUT2D eigenvalue weighted by Crippen LogP contribution is -2.48. The number of piperazine rings is 1. The van der Waals surface area contributed by atoms with E-state index in [2.05, 4.69) is 42.3 Å². The standard InChI is InChI=1S/C22H24N4OS.ClH/c1-14-6-7-18(15(2)11-14)21-25-16(3)20(28-21)22(27)26-10-9-24-13-19(26)17-5-4-8-23-12-17;/h4-8,11-12,19,24H,9-10,13H2,1-3H3;1H. The summed E-state index contributed by atoms with van der Waals surface area (Å²) < 4.78 is 0. The number of halogens is 1. The van der Waals surface area contributed by atoms with Gasteiger partial charge < -0.3 is 10.2 Å². The van der Waals surface area contributed by atoms with Crippen LogP contribution in [0, 0.1) is 20.8 Å². The zero-order chi connectivity index (χ0) is 19.7. The molecule has 0 radical (unpaired) electrons. The van der Waals surface area contributed by atoms with E-state index in [0.717, 1.165) is 39.8 Å². The molecule has 1 atom stereocenters. The molecular weight excluding hydrogens is 404 g/mol. The molecule has 7 heteroatoms. The molecule has 1 amide bonds. The Morgan fingerprint density at radius 3 is 2.79 bits per heavy atom. The van der Waals surface area contributed by atoms with Gasteiger partial charge in [-0.2, -0.15) is 0 Å². The molecule has 1 aliphatic heterocycles. The van der Waals surface area contributed by atoms with E-state index in [1.165, 1.54) is 22.5 Å². The summed E-state index contributed by atoms with van der Waals surface area (Å²) in [5.74, 6) is 0.0568. The lowest BCUT2D eigenvalue weighted by Gasteiger charge is -2.36. The zero-order valence-electron chi connectivity index (χ0n) is 16.8. The number of carbonyl (C=O) groups is 1. The highest BCUT2D eigenvalue weighted by Crippen LogP contribution is 2.33. The van der Waals surface area contributed by atoms with E-state index in [1.807, 2.05) is 30.2 Å². The van der Waals surface area contributed by atoms with Crippen LogP contribution in [-0.2, 0) is 0 Å². The number of hydrogen-bond donors (Lipinski definition) is 1. The predicted octanol–water partition coefficient (Wildman–Crippen LogP) is 4.34. The molecule has 29 heavy (non-hydrogen) atoms. The van der Waals surface area contributed by atoms with Gasteiger partial charge in [0, 0.05) is 37.6 Å². The van der Waals surface area contributed by atoms with Crippen molar-refractivity contribution in [2.75, 3.05) is 19.6 Å². The van der Waals surface area contributed by atoms with Crippen molar-refractivity contribution in [1.82, 2.24) is 20.2 Å². The van der Waals surface area contributed by atoms with Crippen molar-refractivity contribution >= 4 is 29.7 Å². The number of amides is 1. The molecule has 0 spiro atoms. The van der Waals surface area contributed by atoms with Gasteiger partial charge in [0.25, 0.3) is 5.91 Å². The van der Waals surface area contributed by atoms with Crippen LogP contribution >= 0.6 is 23.7 Å². The summed E-state index contributed by atoms with van der Waals surface area (Å²) in [4.78, 5) is 25.1. The third kappa shape index (κ3) is 4.34. The van der Waals surface area contributed by atoms with Gasteiger partial charge in [-0.3, -0.25) is 9.78 Å². The van der Waals surface area contributed by atoms with Gasteiger partial charge in [0.1, 0.15) is 9.88 Å². The molecule has 152 valence electrons. The molecule has 1 aromatic carbocycles. The number of aryl methyl sites for hydroxylation is 3. The first kappa shape index (κ1) is 21.4. The Morgan fingerprint density at radius 1 is 1.24 bits per heavy atom. The van der Waals surface area contributed by atoms with Gasteiger partial charge in [0.15, 0.2) is 0 Å². The van der Waals surface area contributed by atoms with Crippen molar-refractivity contribution in [3.63, 3.8) is 0 Å². The smallest absolute Gasteiger partial charge is 0.266 e. The summed E-state index contributed by atoms with van der Waals surface area (Å²) in [5, 5.41) is 4.30. The van der Waals surface area contributed by atoms with Crippen LogP contribution in [0.3, 0.4) is 0 Å². The fourth-order valence-corrected chi connectivity index (χ4v) is 4.83. The predicted molar refractivity (Wildman–Crippen MR) is 120 cm³/mol. The Kier molecular flexibility index (Phi) is 6.67. The molecule has 0 bridgehead atoms. The molecule has 1 N–H and O–H groups in total. The minimum atomic E-state index is -0.0130. The molecule has 5 nitrogen and oxygen atoms in total. The highest BCUT2D eigenvalue weighted by molar-refractivity contribution is 7.17. The van der Waals surface area contributed by atoms with Crippen molar-refractivity contribution < 1.29 is 4.79 Å². The SMILES string of the molecule is Cc1ccc(-c2nc(C)c(C(=O)N3CCNCC3c3cccnc3)s2)c(C)c1.Cl. The number of nitrogens with zero attached hydrogens (tertiary/aromatic N) is 3. The maximum Gasteiger partial charge on any atom is 0.266 e. The van der Waals surface area contributed by atoms with E-state index >= 15 is 0 Å². The number of pyridine rings is 1. The first-order chi connectivity index (χ1) is 13.5. The molecule has 2 aromatic heterocycles. The number of carbonyl (C=O) groups excluding carboxylic acids is 1. The summed E-state index contributed by atoms with van der Waals surface area (Å²) in [6.07, 6.45) is 3.61. The maximum atomic E-state index is 13.4. The fraction of sp³-hybridized carbons (Fsp3) is 0.318. The molecule has 3 aromatic rings. The number of rotatable bonds is 3. The van der Waals surface area contributed by atoms with Gasteiger partial charge in [0.05, 0.1) is 11.7 Å². The van der Waals surface area contributed by atoms with Gasteiger partial charge in [-0.15, -0.1) is 23.7 Å². The topological polar surface area (TPSA) is 58.1 Å². The highest BCUT2D eigenvalue weighted by atomic mass is 35.5. The van der Waals surface area contributed by atoms with E-state index in [-0.39, 0.29) is 24.4 Å². The summed E-state index contributed by atoms with van der Waals surface area (Å²) in [5.41, 5.74) is 5.37. The fourth-order valence-electron chi connectivity index (χ4n) is 3.71. The van der Waals surface area contributed by atoms with Crippen LogP contribution in [0.1, 0.15) is 38.1 Å². The molecular formula is C22H25ClN4OS. The van der Waals surface area contributed by atoms with Crippen molar-refractivity contribution in [1.29, 1.82) is 0 Å². The third-order valence-corrected chi connectivity index (χ3v) is 6.36. The van der Waals surface area contributed by atoms with Gasteiger partial charge in [0.2, 0.25) is 0 Å². The van der Waals surface area contributed by atoms with E-state index in [4.69, 9.17) is 4.98 Å². The average Bonchev–Trinajstić information content (AvgIpc) is 3.09. The molecule has 1 saturated heterocycles. The normalized spacial score (nSPS) is 16.4. The molecule has 0 aliphatic carbocycles. The van der Waals surface area contributed by atoms with Crippen LogP contribution in [0.2, 0.25) is 0 Å². The number of aromatic nitrogens is 2. The second-order valence-electron chi connectivity index (χ2n) is 7.26. The van der Waals surface area contributed by atoms with Gasteiger partial charge in [-0.25, -0.2) is 4.98 Å². The largest absolute Gasteiger partial charge is 0.328 e. The quantitative estimate of drug-likeness (QED) is 0.674. The van der Waals surface area contributed by atoms with Gasteiger partial charge >= 0.3 is 0 Å². The van der Waals surface area contributed by atoms with Crippen molar-refractivity contribution in [3.05, 3.63) is 70.0 Å². The van der Waals surface area contributed by atoms with Gasteiger partial charge in [-0.05, 0) is 38.0 Å². The van der Waals surface area contributed by atoms with E-state index in [0.29, 0.717) is 6.54 Å². The Labute approximate surface area is 181 Å². The second kappa shape index (κ2) is 9.03. The molecule has 1 aliphatic rings. The number of thiazole rings is 1. The average molecular weight is 429 g/mol. The zero-order valence-corrected chi connectivity index (χ0v) is 18.4. The lowest BCUT2D eigenvalue weighted by molar-refractivity contribution is 0.0638. The van der Waals surface area contributed by atoms with Crippen LogP contribution in [0.25, 0.3) is 10.6 Å². The molecule has 3 heterocycles. The maximum absolute atomic E-state index is 13.4. The molecule has 1 unspecified atom stereocenters. The number of benzene rings is 1. The monoisotopic (exact) mass is 428 g/mol. The third-order valence-electron chi connectivity index (χ3n) is 5.18. The summed E-state index contributed by atoms with van der Waals surface area (Å²) in [6, 6.07) is 10.3. The van der Waals surface area contributed by atoms with Crippen LogP contribution in [0.4, 0.5) is 0 Å². The van der Waals surface area contributed by atoms with Crippen LogP contribution in [0.15, 0.2) is 42.7 Å². The Balaban J connectivity index is 0.00000240. The Hall–Kier alpha value is -2.28. The Bertz CT molecular complexity index is 1010. The number of hydrogen-bond acceptors (Lipinski definition) is 5. The number of nitrogens with one attached hydrogen (secondary N) is 1. The van der Waals surface area contributed by atoms with Crippen LogP contribution in [0.5, 0.6) is 0 Å². The minimum Gasteiger partial charge on any atom is -0.328 e. The lowest BCUT2D eigenvalue weighted by atomic mass is 10.0. The Morgan fingerprint density at radius 2 is 2.07 bits per heavy atom. The summed E-state index contributed by atoms with van der Waals surface area (Å²) in [6.45, 7) is 8.31. The minimum absolute atomic E-state index is 0. The summed E-state index contributed by atoms with van der Waals surface area (Å²) >= 11 is 1.49. The first-order valence-electron chi connectivity index (χ1n) is 9.51. The first-order valence-corrected chi connectivity index (χ1v) is 10.3. The van der Waals surface area contributed by atoms with E-state index in [1.54, 1.807) is 6.20 Å². The van der Waals surface area contributed by atoms with Crippen LogP contribution < -0.4 is 5.32 Å². The van der Waals surface area contributed by atoms with Crippen molar-refractivity contribution in [3.8, 4) is 10.6 Å². The van der Waals surface area contributed by atoms with E-state index in [9.17, 15) is 4.79 Å².